The summed E-state index contributed by atoms with van der Waals surface area (Å²) in [6, 6.07) is 0.701. The van der Waals surface area contributed by atoms with Crippen LogP contribution in [0.2, 0.25) is 0 Å². The van der Waals surface area contributed by atoms with Crippen LogP contribution in [0, 0.1) is 0 Å². The van der Waals surface area contributed by atoms with Crippen LogP contribution >= 0.6 is 0 Å². The molecule has 2 rings (SSSR count). The summed E-state index contributed by atoms with van der Waals surface area (Å²) >= 11 is 0. The van der Waals surface area contributed by atoms with Crippen molar-refractivity contribution in [3.8, 4) is 0 Å². The molecule has 1 aliphatic heterocycles. The molecule has 0 radical (unpaired) electrons. The van der Waals surface area contributed by atoms with E-state index in [1.54, 1.807) is 4.31 Å². The number of hydrogen-bond acceptors (Lipinski definition) is 4. The molecule has 2 N–H and O–H groups in total. The van der Waals surface area contributed by atoms with Gasteiger partial charge in [0.15, 0.2) is 0 Å². The summed E-state index contributed by atoms with van der Waals surface area (Å²) in [4.78, 5) is 2.41. The van der Waals surface area contributed by atoms with Crippen molar-refractivity contribution in [3.63, 3.8) is 0 Å². The summed E-state index contributed by atoms with van der Waals surface area (Å²) in [5.74, 6) is 0. The van der Waals surface area contributed by atoms with Gasteiger partial charge in [0.25, 0.3) is 0 Å². The SMILES string of the molecule is CS(=O)(=O)N1CCN(C2CCCCCCC2N)CC1. The predicted molar refractivity (Wildman–Crippen MR) is 77.5 cm³/mol. The van der Waals surface area contributed by atoms with Crippen molar-refractivity contribution in [2.75, 3.05) is 32.4 Å². The lowest BCUT2D eigenvalue weighted by Crippen LogP contribution is -2.56. The van der Waals surface area contributed by atoms with E-state index in [1.165, 1.54) is 38.4 Å². The lowest BCUT2D eigenvalue weighted by molar-refractivity contribution is 0.106. The second-order valence-corrected chi connectivity index (χ2v) is 7.90. The quantitative estimate of drug-likeness (QED) is 0.809. The summed E-state index contributed by atoms with van der Waals surface area (Å²) in [6.07, 6.45) is 8.68. The molecule has 2 atom stereocenters. The molecule has 0 aromatic heterocycles. The standard InChI is InChI=1S/C13H27N3O2S/c1-19(17,18)16-10-8-15(9-11-16)13-7-5-3-2-4-6-12(13)14/h12-13H,2-11,14H2,1H3. The third-order valence-corrected chi connectivity index (χ3v) is 5.80. The first kappa shape index (κ1) is 15.2. The monoisotopic (exact) mass is 289 g/mol. The van der Waals surface area contributed by atoms with Gasteiger partial charge in [0.05, 0.1) is 6.26 Å². The molecule has 1 saturated carbocycles. The molecule has 5 nitrogen and oxygen atoms in total. The Bertz CT molecular complexity index is 377. The van der Waals surface area contributed by atoms with Crippen LogP contribution in [0.1, 0.15) is 38.5 Å². The van der Waals surface area contributed by atoms with Gasteiger partial charge in [-0.3, -0.25) is 4.90 Å². The maximum absolute atomic E-state index is 11.5. The molecule has 1 heterocycles. The van der Waals surface area contributed by atoms with Crippen LogP contribution in [0.15, 0.2) is 0 Å². The molecule has 0 aromatic carbocycles. The summed E-state index contributed by atoms with van der Waals surface area (Å²) in [5.41, 5.74) is 6.33. The topological polar surface area (TPSA) is 66.6 Å². The molecule has 0 aromatic rings. The largest absolute Gasteiger partial charge is 0.326 e. The Balaban J connectivity index is 1.91. The summed E-state index contributed by atoms with van der Waals surface area (Å²) in [6.45, 7) is 2.88. The molecule has 1 aliphatic carbocycles. The van der Waals surface area contributed by atoms with Gasteiger partial charge in [-0.05, 0) is 12.8 Å². The van der Waals surface area contributed by atoms with Gasteiger partial charge < -0.3 is 5.73 Å². The van der Waals surface area contributed by atoms with E-state index < -0.39 is 10.0 Å². The van der Waals surface area contributed by atoms with Gasteiger partial charge >= 0.3 is 0 Å². The van der Waals surface area contributed by atoms with Gasteiger partial charge in [-0.2, -0.15) is 4.31 Å². The molecular weight excluding hydrogens is 262 g/mol. The summed E-state index contributed by atoms with van der Waals surface area (Å²) in [5, 5.41) is 0. The van der Waals surface area contributed by atoms with Crippen LogP contribution in [-0.2, 0) is 10.0 Å². The van der Waals surface area contributed by atoms with Crippen LogP contribution in [0.25, 0.3) is 0 Å². The minimum Gasteiger partial charge on any atom is -0.326 e. The van der Waals surface area contributed by atoms with Gasteiger partial charge in [0, 0.05) is 38.3 Å². The first-order chi connectivity index (χ1) is 8.98. The van der Waals surface area contributed by atoms with Crippen LogP contribution in [0.3, 0.4) is 0 Å². The normalized spacial score (nSPS) is 32.7. The molecule has 0 spiro atoms. The maximum atomic E-state index is 11.5. The minimum absolute atomic E-state index is 0.255. The first-order valence-electron chi connectivity index (χ1n) is 7.43. The smallest absolute Gasteiger partial charge is 0.211 e. The molecule has 112 valence electrons. The average Bonchev–Trinajstić information content (AvgIpc) is 2.34. The van der Waals surface area contributed by atoms with Gasteiger partial charge in [-0.1, -0.05) is 25.7 Å². The van der Waals surface area contributed by atoms with E-state index in [0.717, 1.165) is 19.5 Å². The summed E-state index contributed by atoms with van der Waals surface area (Å²) < 4.78 is 24.6. The van der Waals surface area contributed by atoms with Crippen molar-refractivity contribution in [1.82, 2.24) is 9.21 Å². The van der Waals surface area contributed by atoms with Crippen molar-refractivity contribution >= 4 is 10.0 Å². The molecule has 1 saturated heterocycles. The molecule has 0 bridgehead atoms. The van der Waals surface area contributed by atoms with Crippen molar-refractivity contribution in [3.05, 3.63) is 0 Å². The minimum atomic E-state index is -3.03. The average molecular weight is 289 g/mol. The van der Waals surface area contributed by atoms with Crippen LogP contribution in [0.4, 0.5) is 0 Å². The summed E-state index contributed by atoms with van der Waals surface area (Å²) in [7, 11) is -3.03. The number of nitrogens with two attached hydrogens (primary N) is 1. The highest BCUT2D eigenvalue weighted by molar-refractivity contribution is 7.88. The zero-order chi connectivity index (χ0) is 13.9. The fourth-order valence-electron chi connectivity index (χ4n) is 3.31. The highest BCUT2D eigenvalue weighted by Gasteiger charge is 2.30. The van der Waals surface area contributed by atoms with E-state index in [1.807, 2.05) is 0 Å². The molecular formula is C13H27N3O2S. The molecule has 0 amide bonds. The Kier molecular flexibility index (Phi) is 5.22. The van der Waals surface area contributed by atoms with Crippen LogP contribution < -0.4 is 5.73 Å². The number of hydrogen-bond donors (Lipinski definition) is 1. The first-order valence-corrected chi connectivity index (χ1v) is 9.28. The number of nitrogens with zero attached hydrogens (tertiary/aromatic N) is 2. The van der Waals surface area contributed by atoms with E-state index in [9.17, 15) is 8.42 Å². The zero-order valence-corrected chi connectivity index (χ0v) is 12.7. The Morgan fingerprint density at radius 1 is 0.947 bits per heavy atom. The van der Waals surface area contributed by atoms with Gasteiger partial charge in [-0.15, -0.1) is 0 Å². The second-order valence-electron chi connectivity index (χ2n) is 5.92. The third kappa shape index (κ3) is 4.15. The Morgan fingerprint density at radius 2 is 1.53 bits per heavy atom. The van der Waals surface area contributed by atoms with Gasteiger partial charge in [-0.25, -0.2) is 8.42 Å². The second kappa shape index (κ2) is 6.52. The fraction of sp³-hybridized carbons (Fsp3) is 1.00. The van der Waals surface area contributed by atoms with Crippen molar-refractivity contribution in [2.45, 2.75) is 50.6 Å². The van der Waals surface area contributed by atoms with Crippen LogP contribution in [-0.4, -0.2) is 62.1 Å². The van der Waals surface area contributed by atoms with Gasteiger partial charge in [0.1, 0.15) is 0 Å². The highest BCUT2D eigenvalue weighted by atomic mass is 32.2. The zero-order valence-electron chi connectivity index (χ0n) is 11.9. The molecule has 2 fully saturated rings. The van der Waals surface area contributed by atoms with E-state index in [0.29, 0.717) is 19.1 Å². The highest BCUT2D eigenvalue weighted by Crippen LogP contribution is 2.22. The molecule has 2 aliphatic rings. The lowest BCUT2D eigenvalue weighted by Gasteiger charge is -2.41. The maximum Gasteiger partial charge on any atom is 0.211 e. The fourth-order valence-corrected chi connectivity index (χ4v) is 4.14. The Morgan fingerprint density at radius 3 is 2.11 bits per heavy atom. The van der Waals surface area contributed by atoms with E-state index in [2.05, 4.69) is 4.90 Å². The van der Waals surface area contributed by atoms with E-state index >= 15 is 0 Å². The van der Waals surface area contributed by atoms with E-state index in [4.69, 9.17) is 5.73 Å². The lowest BCUT2D eigenvalue weighted by atomic mass is 9.91. The molecule has 19 heavy (non-hydrogen) atoms. The molecule has 2 unspecified atom stereocenters. The van der Waals surface area contributed by atoms with Crippen molar-refractivity contribution in [1.29, 1.82) is 0 Å². The number of rotatable bonds is 2. The number of sulfonamides is 1. The van der Waals surface area contributed by atoms with E-state index in [-0.39, 0.29) is 6.04 Å². The van der Waals surface area contributed by atoms with Crippen molar-refractivity contribution in [2.24, 2.45) is 5.73 Å². The Hall–Kier alpha value is -0.170. The Labute approximate surface area is 117 Å². The van der Waals surface area contributed by atoms with Gasteiger partial charge in [0.2, 0.25) is 10.0 Å². The molecule has 6 heteroatoms. The third-order valence-electron chi connectivity index (χ3n) is 4.49. The number of piperazine rings is 1. The van der Waals surface area contributed by atoms with Crippen LogP contribution in [0.5, 0.6) is 0 Å². The van der Waals surface area contributed by atoms with Crippen molar-refractivity contribution < 1.29 is 8.42 Å². The predicted octanol–water partition coefficient (Wildman–Crippen LogP) is 0.614.